The Morgan fingerprint density at radius 1 is 0.947 bits per heavy atom. The van der Waals surface area contributed by atoms with E-state index in [4.69, 9.17) is 5.84 Å². The van der Waals surface area contributed by atoms with Gasteiger partial charge in [0.25, 0.3) is 0 Å². The Morgan fingerprint density at radius 2 is 1.74 bits per heavy atom. The van der Waals surface area contributed by atoms with E-state index in [0.717, 1.165) is 17.0 Å². The Balaban J connectivity index is 2.15. The normalized spacial score (nSPS) is 10.6. The van der Waals surface area contributed by atoms with Crippen LogP contribution < -0.4 is 11.3 Å². The number of benzene rings is 2. The Labute approximate surface area is 111 Å². The van der Waals surface area contributed by atoms with Crippen LogP contribution in [0.2, 0.25) is 0 Å². The van der Waals surface area contributed by atoms with Gasteiger partial charge in [0.2, 0.25) is 5.95 Å². The first kappa shape index (κ1) is 11.6. The number of hydrazine groups is 1. The lowest BCUT2D eigenvalue weighted by atomic mass is 10.0. The van der Waals surface area contributed by atoms with Crippen LogP contribution in [0, 0.1) is 6.92 Å². The van der Waals surface area contributed by atoms with Crippen molar-refractivity contribution in [2.24, 2.45) is 5.84 Å². The molecule has 0 aliphatic carbocycles. The van der Waals surface area contributed by atoms with Crippen molar-refractivity contribution in [3.05, 3.63) is 54.2 Å². The highest BCUT2D eigenvalue weighted by Gasteiger charge is 2.04. The molecule has 19 heavy (non-hydrogen) atoms. The molecular weight excluding hydrogens is 236 g/mol. The number of nitrogens with one attached hydrogen (secondary N) is 1. The summed E-state index contributed by atoms with van der Waals surface area (Å²) in [5.41, 5.74) is 5.30. The fourth-order valence-corrected chi connectivity index (χ4v) is 2.13. The maximum Gasteiger partial charge on any atom is 0.237 e. The Morgan fingerprint density at radius 3 is 2.53 bits per heavy atom. The van der Waals surface area contributed by atoms with Crippen molar-refractivity contribution in [1.82, 2.24) is 9.97 Å². The van der Waals surface area contributed by atoms with E-state index in [2.05, 4.69) is 45.7 Å². The summed E-state index contributed by atoms with van der Waals surface area (Å²) in [5.74, 6) is 5.81. The number of aromatic nitrogens is 2. The molecule has 0 unspecified atom stereocenters. The van der Waals surface area contributed by atoms with Crippen molar-refractivity contribution in [3.63, 3.8) is 0 Å². The van der Waals surface area contributed by atoms with E-state index in [9.17, 15) is 0 Å². The average Bonchev–Trinajstić information content (AvgIpc) is 2.46. The second kappa shape index (κ2) is 4.66. The van der Waals surface area contributed by atoms with Gasteiger partial charge in [-0.05, 0) is 29.8 Å². The minimum absolute atomic E-state index is 0.433. The quantitative estimate of drug-likeness (QED) is 0.542. The fourth-order valence-electron chi connectivity index (χ4n) is 2.13. The highest BCUT2D eigenvalue weighted by Crippen LogP contribution is 2.24. The van der Waals surface area contributed by atoms with Gasteiger partial charge in [-0.25, -0.2) is 15.8 Å². The van der Waals surface area contributed by atoms with Crippen LogP contribution in [0.5, 0.6) is 0 Å². The number of rotatable bonds is 2. The number of anilines is 1. The number of fused-ring (bicyclic) bond motifs is 1. The summed E-state index contributed by atoms with van der Waals surface area (Å²) in [4.78, 5) is 8.57. The summed E-state index contributed by atoms with van der Waals surface area (Å²) in [6.07, 6.45) is 0. The predicted octanol–water partition coefficient (Wildman–Crippen LogP) is 2.89. The van der Waals surface area contributed by atoms with Gasteiger partial charge in [-0.2, -0.15) is 0 Å². The first-order valence-electron chi connectivity index (χ1n) is 6.08. The maximum atomic E-state index is 5.38. The summed E-state index contributed by atoms with van der Waals surface area (Å²) in [6, 6.07) is 16.5. The number of hydrogen-bond acceptors (Lipinski definition) is 4. The van der Waals surface area contributed by atoms with Gasteiger partial charge in [0, 0.05) is 11.3 Å². The highest BCUT2D eigenvalue weighted by atomic mass is 15.3. The van der Waals surface area contributed by atoms with Gasteiger partial charge in [0.05, 0.1) is 5.69 Å². The second-order valence-electron chi connectivity index (χ2n) is 4.42. The third-order valence-corrected chi connectivity index (χ3v) is 3.03. The molecular formula is C15H14N4. The van der Waals surface area contributed by atoms with E-state index >= 15 is 0 Å². The molecule has 3 N–H and O–H groups in total. The maximum absolute atomic E-state index is 5.38. The van der Waals surface area contributed by atoms with Crippen molar-refractivity contribution < 1.29 is 0 Å². The number of nitrogen functional groups attached to an aromatic ring is 1. The average molecular weight is 250 g/mol. The monoisotopic (exact) mass is 250 g/mol. The molecule has 0 radical (unpaired) electrons. The van der Waals surface area contributed by atoms with Crippen molar-refractivity contribution >= 4 is 16.7 Å². The summed E-state index contributed by atoms with van der Waals surface area (Å²) in [7, 11) is 0. The van der Waals surface area contributed by atoms with Gasteiger partial charge in [-0.1, -0.05) is 36.4 Å². The van der Waals surface area contributed by atoms with E-state index in [-0.39, 0.29) is 0 Å². The molecule has 0 saturated heterocycles. The fraction of sp³-hybridized carbons (Fsp3) is 0.0667. The number of nitrogens with two attached hydrogens (primary N) is 1. The lowest BCUT2D eigenvalue weighted by molar-refractivity contribution is 1.08. The van der Waals surface area contributed by atoms with Crippen LogP contribution >= 0.6 is 0 Å². The van der Waals surface area contributed by atoms with Crippen LogP contribution in [0.3, 0.4) is 0 Å². The first-order chi connectivity index (χ1) is 9.26. The minimum Gasteiger partial charge on any atom is -0.292 e. The molecule has 1 heterocycles. The number of aryl methyl sites for hydroxylation is 1. The van der Waals surface area contributed by atoms with Crippen LogP contribution in [0.4, 0.5) is 5.95 Å². The smallest absolute Gasteiger partial charge is 0.237 e. The summed E-state index contributed by atoms with van der Waals surface area (Å²) >= 11 is 0. The Bertz CT molecular complexity index is 737. The van der Waals surface area contributed by atoms with Crippen LogP contribution in [0.1, 0.15) is 5.69 Å². The number of hydrogen-bond donors (Lipinski definition) is 2. The zero-order valence-electron chi connectivity index (χ0n) is 10.6. The zero-order chi connectivity index (χ0) is 13.2. The van der Waals surface area contributed by atoms with Crippen molar-refractivity contribution in [3.8, 4) is 11.3 Å². The van der Waals surface area contributed by atoms with Gasteiger partial charge >= 0.3 is 0 Å². The molecule has 4 heteroatoms. The SMILES string of the molecule is Cc1cc(-c2ccc3ccccc3c2)nc(NN)n1. The number of nitrogens with zero attached hydrogens (tertiary/aromatic N) is 2. The van der Waals surface area contributed by atoms with Gasteiger partial charge in [0.1, 0.15) is 0 Å². The van der Waals surface area contributed by atoms with E-state index in [1.807, 2.05) is 25.1 Å². The van der Waals surface area contributed by atoms with Crippen LogP contribution in [0.15, 0.2) is 48.5 Å². The molecule has 0 amide bonds. The molecule has 0 atom stereocenters. The van der Waals surface area contributed by atoms with Crippen molar-refractivity contribution in [1.29, 1.82) is 0 Å². The zero-order valence-corrected chi connectivity index (χ0v) is 10.6. The summed E-state index contributed by atoms with van der Waals surface area (Å²) in [6.45, 7) is 1.92. The lowest BCUT2D eigenvalue weighted by Gasteiger charge is -2.06. The third kappa shape index (κ3) is 2.26. The Kier molecular flexibility index (Phi) is 2.85. The lowest BCUT2D eigenvalue weighted by Crippen LogP contribution is -2.11. The largest absolute Gasteiger partial charge is 0.292 e. The molecule has 0 bridgehead atoms. The molecule has 0 aliphatic rings. The molecule has 3 rings (SSSR count). The molecule has 0 saturated carbocycles. The standard InChI is InChI=1S/C15H14N4/c1-10-8-14(18-15(17-10)19-16)13-7-6-11-4-2-3-5-12(11)9-13/h2-9H,16H2,1H3,(H,17,18,19). The summed E-state index contributed by atoms with van der Waals surface area (Å²) in [5, 5.41) is 2.41. The van der Waals surface area contributed by atoms with Gasteiger partial charge < -0.3 is 0 Å². The third-order valence-electron chi connectivity index (χ3n) is 3.03. The van der Waals surface area contributed by atoms with E-state index < -0.39 is 0 Å². The highest BCUT2D eigenvalue weighted by molar-refractivity contribution is 5.86. The van der Waals surface area contributed by atoms with Crippen LogP contribution in [0.25, 0.3) is 22.0 Å². The molecule has 0 aliphatic heterocycles. The van der Waals surface area contributed by atoms with Crippen molar-refractivity contribution in [2.75, 3.05) is 5.43 Å². The molecule has 0 spiro atoms. The van der Waals surface area contributed by atoms with Crippen LogP contribution in [-0.2, 0) is 0 Å². The topological polar surface area (TPSA) is 63.8 Å². The molecule has 2 aromatic carbocycles. The van der Waals surface area contributed by atoms with Crippen LogP contribution in [-0.4, -0.2) is 9.97 Å². The predicted molar refractivity (Wildman–Crippen MR) is 77.5 cm³/mol. The Hall–Kier alpha value is -2.46. The second-order valence-corrected chi connectivity index (χ2v) is 4.42. The first-order valence-corrected chi connectivity index (χ1v) is 6.08. The molecule has 3 aromatic rings. The van der Waals surface area contributed by atoms with Gasteiger partial charge in [0.15, 0.2) is 0 Å². The molecule has 1 aromatic heterocycles. The molecule has 0 fully saturated rings. The van der Waals surface area contributed by atoms with E-state index in [1.165, 1.54) is 10.8 Å². The minimum atomic E-state index is 0.433. The molecule has 4 nitrogen and oxygen atoms in total. The van der Waals surface area contributed by atoms with Gasteiger partial charge in [-0.3, -0.25) is 5.43 Å². The summed E-state index contributed by atoms with van der Waals surface area (Å²) < 4.78 is 0. The molecule has 94 valence electrons. The van der Waals surface area contributed by atoms with Crippen molar-refractivity contribution in [2.45, 2.75) is 6.92 Å². The van der Waals surface area contributed by atoms with E-state index in [1.54, 1.807) is 0 Å². The van der Waals surface area contributed by atoms with Gasteiger partial charge in [-0.15, -0.1) is 0 Å². The van der Waals surface area contributed by atoms with E-state index in [0.29, 0.717) is 5.95 Å².